The van der Waals surface area contributed by atoms with Gasteiger partial charge in [-0.15, -0.1) is 0 Å². The van der Waals surface area contributed by atoms with Crippen molar-refractivity contribution in [1.82, 2.24) is 20.2 Å². The van der Waals surface area contributed by atoms with Crippen LogP contribution in [0.4, 0.5) is 11.6 Å². The molecule has 2 aromatic rings. The van der Waals surface area contributed by atoms with Gasteiger partial charge in [0.05, 0.1) is 6.20 Å². The van der Waals surface area contributed by atoms with Gasteiger partial charge in [-0.05, 0) is 6.07 Å². The molecule has 0 spiro atoms. The molecule has 0 unspecified atom stereocenters. The zero-order valence-corrected chi connectivity index (χ0v) is 7.64. The van der Waals surface area contributed by atoms with Crippen LogP contribution in [0.3, 0.4) is 0 Å². The van der Waals surface area contributed by atoms with Gasteiger partial charge in [0.25, 0.3) is 5.91 Å². The predicted octanol–water partition coefficient (Wildman–Crippen LogP) is 0.0342. The van der Waals surface area contributed by atoms with Crippen molar-refractivity contribution in [1.29, 1.82) is 0 Å². The summed E-state index contributed by atoms with van der Waals surface area (Å²) in [5, 5.41) is 8.67. The topological polar surface area (TPSA) is 110 Å². The van der Waals surface area contributed by atoms with Crippen molar-refractivity contribution in [3.63, 3.8) is 0 Å². The minimum absolute atomic E-state index is 0.224. The van der Waals surface area contributed by atoms with Crippen LogP contribution in [-0.4, -0.2) is 26.1 Å². The smallest absolute Gasteiger partial charge is 0.262 e. The number of amides is 1. The Balaban J connectivity index is 2.15. The maximum Gasteiger partial charge on any atom is 0.262 e. The first-order valence-electron chi connectivity index (χ1n) is 4.13. The third-order valence-corrected chi connectivity index (χ3v) is 1.74. The average Bonchev–Trinajstić information content (AvgIpc) is 2.66. The monoisotopic (exact) mass is 204 g/mol. The first-order valence-corrected chi connectivity index (χ1v) is 4.13. The molecule has 4 N–H and O–H groups in total. The van der Waals surface area contributed by atoms with E-state index in [1.165, 1.54) is 18.7 Å². The molecule has 0 radical (unpaired) electrons. The second-order valence-corrected chi connectivity index (χ2v) is 2.75. The number of hydrogen-bond acceptors (Lipinski definition) is 5. The summed E-state index contributed by atoms with van der Waals surface area (Å²) < 4.78 is 0. The second kappa shape index (κ2) is 3.74. The summed E-state index contributed by atoms with van der Waals surface area (Å²) in [5.74, 6) is 0.275. The predicted molar refractivity (Wildman–Crippen MR) is 53.0 cm³/mol. The molecule has 0 aliphatic carbocycles. The number of carbonyl (C=O) groups excluding carboxylic acids is 1. The van der Waals surface area contributed by atoms with Gasteiger partial charge in [-0.3, -0.25) is 9.89 Å². The first kappa shape index (κ1) is 9.13. The molecule has 2 aromatic heterocycles. The zero-order chi connectivity index (χ0) is 10.7. The van der Waals surface area contributed by atoms with Gasteiger partial charge >= 0.3 is 0 Å². The molecule has 7 heteroatoms. The lowest BCUT2D eigenvalue weighted by molar-refractivity contribution is 0.102. The summed E-state index contributed by atoms with van der Waals surface area (Å²) in [6, 6.07) is 1.58. The lowest BCUT2D eigenvalue weighted by Crippen LogP contribution is -2.13. The summed E-state index contributed by atoms with van der Waals surface area (Å²) in [7, 11) is 0. The molecule has 0 aromatic carbocycles. The van der Waals surface area contributed by atoms with Gasteiger partial charge in [-0.1, -0.05) is 0 Å². The number of aromatic amines is 1. The van der Waals surface area contributed by atoms with Gasteiger partial charge in [0.15, 0.2) is 0 Å². The third-order valence-electron chi connectivity index (χ3n) is 1.74. The van der Waals surface area contributed by atoms with Crippen molar-refractivity contribution in [2.24, 2.45) is 0 Å². The molecule has 7 nitrogen and oxygen atoms in total. The molecule has 1 amide bonds. The number of carbonyl (C=O) groups is 1. The maximum atomic E-state index is 11.6. The molecule has 76 valence electrons. The number of nitrogens with zero attached hydrogens (tertiary/aromatic N) is 3. The Morgan fingerprint density at radius 2 is 2.40 bits per heavy atom. The van der Waals surface area contributed by atoms with E-state index in [0.29, 0.717) is 5.82 Å². The van der Waals surface area contributed by atoms with Crippen LogP contribution in [0.1, 0.15) is 10.4 Å². The summed E-state index contributed by atoms with van der Waals surface area (Å²) in [5.41, 5.74) is 5.77. The Labute approximate surface area is 84.7 Å². The third kappa shape index (κ3) is 1.90. The van der Waals surface area contributed by atoms with Crippen LogP contribution >= 0.6 is 0 Å². The molecule has 0 aliphatic heterocycles. The van der Waals surface area contributed by atoms with Crippen molar-refractivity contribution >= 4 is 17.5 Å². The van der Waals surface area contributed by atoms with Crippen LogP contribution in [-0.2, 0) is 0 Å². The van der Waals surface area contributed by atoms with Gasteiger partial charge < -0.3 is 11.1 Å². The first-order chi connectivity index (χ1) is 7.27. The highest BCUT2D eigenvalue weighted by Gasteiger charge is 2.11. The fourth-order valence-corrected chi connectivity index (χ4v) is 1.03. The lowest BCUT2D eigenvalue weighted by atomic mass is 10.3. The van der Waals surface area contributed by atoms with Crippen LogP contribution in [0.25, 0.3) is 0 Å². The van der Waals surface area contributed by atoms with E-state index >= 15 is 0 Å². The van der Waals surface area contributed by atoms with E-state index in [1.54, 1.807) is 6.07 Å². The number of H-pyrrole nitrogens is 1. The van der Waals surface area contributed by atoms with E-state index < -0.39 is 0 Å². The fourth-order valence-electron chi connectivity index (χ4n) is 1.03. The normalized spacial score (nSPS) is 9.87. The Morgan fingerprint density at radius 1 is 1.53 bits per heavy atom. The Kier molecular flexibility index (Phi) is 2.28. The Bertz CT molecular complexity index is 465. The van der Waals surface area contributed by atoms with Crippen molar-refractivity contribution < 1.29 is 4.79 Å². The van der Waals surface area contributed by atoms with E-state index in [1.807, 2.05) is 0 Å². The lowest BCUT2D eigenvalue weighted by Gasteiger charge is -2.01. The van der Waals surface area contributed by atoms with Crippen LogP contribution in [0.2, 0.25) is 0 Å². The highest BCUT2D eigenvalue weighted by atomic mass is 16.1. The highest BCUT2D eigenvalue weighted by Crippen LogP contribution is 2.08. The molecule has 2 rings (SSSR count). The number of aromatic nitrogens is 4. The number of hydrogen-bond donors (Lipinski definition) is 3. The largest absolute Gasteiger partial charge is 0.383 e. The SMILES string of the molecule is Nc1[nH]ncc1C(=O)Nc1ccncn1. The van der Waals surface area contributed by atoms with Crippen LogP contribution in [0.5, 0.6) is 0 Å². The Hall–Kier alpha value is -2.44. The van der Waals surface area contributed by atoms with Crippen LogP contribution < -0.4 is 11.1 Å². The standard InChI is InChI=1S/C8H8N6O/c9-7-5(3-12-14-7)8(15)13-6-1-2-10-4-11-6/h1-4H,(H3,9,12,14)(H,10,11,13,15). The number of nitrogens with two attached hydrogens (primary N) is 1. The minimum Gasteiger partial charge on any atom is -0.383 e. The van der Waals surface area contributed by atoms with Gasteiger partial charge in [-0.2, -0.15) is 5.10 Å². The van der Waals surface area contributed by atoms with Crippen LogP contribution in [0, 0.1) is 0 Å². The maximum absolute atomic E-state index is 11.6. The van der Waals surface area contributed by atoms with Gasteiger partial charge in [0.2, 0.25) is 0 Å². The number of nitrogen functional groups attached to an aromatic ring is 1. The molecule has 0 saturated heterocycles. The van der Waals surface area contributed by atoms with Gasteiger partial charge in [0, 0.05) is 6.20 Å². The van der Waals surface area contributed by atoms with Crippen molar-refractivity contribution in [3.05, 3.63) is 30.4 Å². The van der Waals surface area contributed by atoms with E-state index in [4.69, 9.17) is 5.73 Å². The molecule has 15 heavy (non-hydrogen) atoms. The minimum atomic E-state index is -0.361. The van der Waals surface area contributed by atoms with Crippen LogP contribution in [0.15, 0.2) is 24.8 Å². The molecule has 0 saturated carbocycles. The van der Waals surface area contributed by atoms with E-state index in [0.717, 1.165) is 0 Å². The summed E-state index contributed by atoms with van der Waals surface area (Å²) >= 11 is 0. The van der Waals surface area contributed by atoms with Gasteiger partial charge in [-0.25, -0.2) is 9.97 Å². The van der Waals surface area contributed by atoms with Crippen molar-refractivity contribution in [3.8, 4) is 0 Å². The van der Waals surface area contributed by atoms with Crippen molar-refractivity contribution in [2.75, 3.05) is 11.1 Å². The average molecular weight is 204 g/mol. The summed E-state index contributed by atoms with van der Waals surface area (Å²) in [6.07, 6.45) is 4.22. The quantitative estimate of drug-likeness (QED) is 0.639. The fraction of sp³-hybridized carbons (Fsp3) is 0. The molecular weight excluding hydrogens is 196 g/mol. The second-order valence-electron chi connectivity index (χ2n) is 2.75. The number of nitrogens with one attached hydrogen (secondary N) is 2. The van der Waals surface area contributed by atoms with E-state index in [-0.39, 0.29) is 17.3 Å². The highest BCUT2D eigenvalue weighted by molar-refractivity contribution is 6.06. The molecule has 0 fully saturated rings. The number of anilines is 2. The Morgan fingerprint density at radius 3 is 3.00 bits per heavy atom. The van der Waals surface area contributed by atoms with E-state index in [2.05, 4.69) is 25.5 Å². The zero-order valence-electron chi connectivity index (χ0n) is 7.64. The van der Waals surface area contributed by atoms with Crippen molar-refractivity contribution in [2.45, 2.75) is 0 Å². The summed E-state index contributed by atoms with van der Waals surface area (Å²) in [6.45, 7) is 0. The molecular formula is C8H8N6O. The van der Waals surface area contributed by atoms with E-state index in [9.17, 15) is 4.79 Å². The van der Waals surface area contributed by atoms with Gasteiger partial charge in [0.1, 0.15) is 23.5 Å². The molecule has 0 aliphatic rings. The number of rotatable bonds is 2. The summed E-state index contributed by atoms with van der Waals surface area (Å²) in [4.78, 5) is 19.2. The molecule has 2 heterocycles. The molecule has 0 atom stereocenters. The molecule has 0 bridgehead atoms.